The van der Waals surface area contributed by atoms with Crippen molar-refractivity contribution in [2.24, 2.45) is 0 Å². The Morgan fingerprint density at radius 1 is 0.967 bits per heavy atom. The molecule has 6 heteroatoms. The lowest BCUT2D eigenvalue weighted by Gasteiger charge is -2.26. The fourth-order valence-electron chi connectivity index (χ4n) is 3.37. The summed E-state index contributed by atoms with van der Waals surface area (Å²) in [6.45, 7) is 3.87. The molecule has 0 aliphatic heterocycles. The number of hydrogen-bond acceptors (Lipinski definition) is 3. The number of esters is 1. The molecule has 0 saturated carbocycles. The maximum Gasteiger partial charge on any atom is 0.302 e. The van der Waals surface area contributed by atoms with Gasteiger partial charge in [-0.3, -0.25) is 9.59 Å². The Kier molecular flexibility index (Phi) is 6.77. The molecule has 3 aromatic carbocycles. The molecule has 0 bridgehead atoms. The van der Waals surface area contributed by atoms with Gasteiger partial charge in [0.2, 0.25) is 5.91 Å². The van der Waals surface area contributed by atoms with Gasteiger partial charge in [0.25, 0.3) is 0 Å². The molecular weight excluding hydrogens is 388 g/mol. The average molecular weight is 411 g/mol. The van der Waals surface area contributed by atoms with Crippen molar-refractivity contribution in [1.29, 1.82) is 0 Å². The topological polar surface area (TPSA) is 46.6 Å². The second-order valence-corrected chi connectivity index (χ2v) is 7.07. The Hall–Kier alpha value is -3.28. The van der Waals surface area contributed by atoms with Crippen LogP contribution in [-0.2, 0) is 20.9 Å². The Morgan fingerprint density at radius 2 is 1.63 bits per heavy atom. The Labute approximate surface area is 174 Å². The van der Waals surface area contributed by atoms with E-state index in [1.54, 1.807) is 23.1 Å². The van der Waals surface area contributed by atoms with Crippen molar-refractivity contribution in [2.75, 3.05) is 13.2 Å². The van der Waals surface area contributed by atoms with Crippen LogP contribution in [0.4, 0.5) is 8.78 Å². The zero-order chi connectivity index (χ0) is 21.7. The van der Waals surface area contributed by atoms with E-state index >= 15 is 0 Å². The molecule has 0 fully saturated rings. The van der Waals surface area contributed by atoms with Crippen LogP contribution in [0.1, 0.15) is 30.9 Å². The zero-order valence-corrected chi connectivity index (χ0v) is 16.9. The molecule has 3 aromatic rings. The number of hydrogen-bond donors (Lipinski definition) is 0. The average Bonchev–Trinajstić information content (AvgIpc) is 2.73. The highest BCUT2D eigenvalue weighted by atomic mass is 19.2. The Balaban J connectivity index is 1.85. The number of amides is 1. The standard InChI is InChI=1S/C24H23F2NO3/c1-3-27(14-17-9-10-19-12-22(25)23(26)13-20(19)11-17)24(29)21(15-30-16(2)28)18-7-5-4-6-8-18/h4-13,21H,3,14-15H2,1-2H3. The number of carbonyl (C=O) groups excluding carboxylic acids is 2. The lowest BCUT2D eigenvalue weighted by Crippen LogP contribution is -2.36. The first kappa shape index (κ1) is 21.4. The maximum absolute atomic E-state index is 13.6. The number of ether oxygens (including phenoxy) is 1. The highest BCUT2D eigenvalue weighted by Crippen LogP contribution is 2.23. The van der Waals surface area contributed by atoms with Crippen LogP contribution in [0.3, 0.4) is 0 Å². The van der Waals surface area contributed by atoms with Crippen LogP contribution in [0.2, 0.25) is 0 Å². The first-order valence-electron chi connectivity index (χ1n) is 9.73. The third-order valence-electron chi connectivity index (χ3n) is 4.96. The first-order chi connectivity index (χ1) is 14.4. The van der Waals surface area contributed by atoms with Gasteiger partial charge >= 0.3 is 5.97 Å². The van der Waals surface area contributed by atoms with Crippen LogP contribution < -0.4 is 0 Å². The molecule has 1 unspecified atom stereocenters. The van der Waals surface area contributed by atoms with Crippen molar-refractivity contribution in [1.82, 2.24) is 4.90 Å². The van der Waals surface area contributed by atoms with E-state index in [2.05, 4.69) is 0 Å². The van der Waals surface area contributed by atoms with Gasteiger partial charge in [-0.05, 0) is 47.0 Å². The summed E-state index contributed by atoms with van der Waals surface area (Å²) < 4.78 is 32.2. The van der Waals surface area contributed by atoms with Crippen LogP contribution >= 0.6 is 0 Å². The fraction of sp³-hybridized carbons (Fsp3) is 0.250. The van der Waals surface area contributed by atoms with Crippen LogP contribution in [0, 0.1) is 11.6 Å². The second-order valence-electron chi connectivity index (χ2n) is 7.07. The van der Waals surface area contributed by atoms with Crippen LogP contribution in [0.15, 0.2) is 60.7 Å². The van der Waals surface area contributed by atoms with E-state index in [9.17, 15) is 18.4 Å². The summed E-state index contributed by atoms with van der Waals surface area (Å²) in [6.07, 6.45) is 0. The van der Waals surface area contributed by atoms with Crippen molar-refractivity contribution in [3.8, 4) is 0 Å². The zero-order valence-electron chi connectivity index (χ0n) is 16.9. The normalized spacial score (nSPS) is 11.9. The molecule has 1 amide bonds. The molecule has 156 valence electrons. The van der Waals surface area contributed by atoms with Gasteiger partial charge < -0.3 is 9.64 Å². The molecule has 0 N–H and O–H groups in total. The lowest BCUT2D eigenvalue weighted by molar-refractivity contribution is -0.144. The van der Waals surface area contributed by atoms with Gasteiger partial charge in [-0.2, -0.15) is 0 Å². The van der Waals surface area contributed by atoms with Crippen LogP contribution in [-0.4, -0.2) is 29.9 Å². The molecule has 30 heavy (non-hydrogen) atoms. The number of nitrogens with zero attached hydrogens (tertiary/aromatic N) is 1. The summed E-state index contributed by atoms with van der Waals surface area (Å²) >= 11 is 0. The monoisotopic (exact) mass is 411 g/mol. The number of likely N-dealkylation sites (N-methyl/N-ethyl adjacent to an activating group) is 1. The highest BCUT2D eigenvalue weighted by molar-refractivity contribution is 5.85. The van der Waals surface area contributed by atoms with E-state index in [4.69, 9.17) is 4.74 Å². The summed E-state index contributed by atoms with van der Waals surface area (Å²) in [5.74, 6) is -3.04. The van der Waals surface area contributed by atoms with E-state index in [0.717, 1.165) is 23.3 Å². The molecule has 0 aromatic heterocycles. The van der Waals surface area contributed by atoms with E-state index in [1.807, 2.05) is 37.3 Å². The van der Waals surface area contributed by atoms with Gasteiger partial charge in [-0.1, -0.05) is 42.5 Å². The molecule has 0 aliphatic rings. The molecule has 0 aliphatic carbocycles. The third kappa shape index (κ3) is 5.00. The quantitative estimate of drug-likeness (QED) is 0.524. The lowest BCUT2D eigenvalue weighted by atomic mass is 9.98. The minimum absolute atomic E-state index is 0.0448. The van der Waals surface area contributed by atoms with Gasteiger partial charge in [-0.15, -0.1) is 0 Å². The predicted molar refractivity (Wildman–Crippen MR) is 111 cm³/mol. The van der Waals surface area contributed by atoms with Crippen molar-refractivity contribution in [3.63, 3.8) is 0 Å². The van der Waals surface area contributed by atoms with Crippen LogP contribution in [0.25, 0.3) is 10.8 Å². The van der Waals surface area contributed by atoms with E-state index in [1.165, 1.54) is 6.92 Å². The maximum atomic E-state index is 13.6. The number of rotatable bonds is 7. The summed E-state index contributed by atoms with van der Waals surface area (Å²) in [5.41, 5.74) is 1.56. The SMILES string of the molecule is CCN(Cc1ccc2cc(F)c(F)cc2c1)C(=O)C(COC(C)=O)c1ccccc1. The molecule has 0 radical (unpaired) electrons. The molecule has 0 saturated heterocycles. The third-order valence-corrected chi connectivity index (χ3v) is 4.96. The summed E-state index contributed by atoms with van der Waals surface area (Å²) in [4.78, 5) is 26.2. The summed E-state index contributed by atoms with van der Waals surface area (Å²) in [7, 11) is 0. The van der Waals surface area contributed by atoms with Crippen molar-refractivity contribution in [2.45, 2.75) is 26.3 Å². The summed E-state index contributed by atoms with van der Waals surface area (Å²) in [6, 6.07) is 16.7. The molecular formula is C24H23F2NO3. The van der Waals surface area contributed by atoms with E-state index < -0.39 is 23.5 Å². The number of fused-ring (bicyclic) bond motifs is 1. The van der Waals surface area contributed by atoms with Gasteiger partial charge in [0.1, 0.15) is 6.61 Å². The molecule has 1 atom stereocenters. The van der Waals surface area contributed by atoms with Gasteiger partial charge in [-0.25, -0.2) is 8.78 Å². The molecule has 0 heterocycles. The predicted octanol–water partition coefficient (Wildman–Crippen LogP) is 4.81. The number of carbonyl (C=O) groups is 2. The van der Waals surface area contributed by atoms with Crippen LogP contribution in [0.5, 0.6) is 0 Å². The molecule has 3 rings (SSSR count). The largest absolute Gasteiger partial charge is 0.465 e. The van der Waals surface area contributed by atoms with Gasteiger partial charge in [0.05, 0.1) is 5.92 Å². The number of benzene rings is 3. The fourth-order valence-corrected chi connectivity index (χ4v) is 3.37. The van der Waals surface area contributed by atoms with Crippen molar-refractivity contribution < 1.29 is 23.1 Å². The van der Waals surface area contributed by atoms with E-state index in [0.29, 0.717) is 23.9 Å². The highest BCUT2D eigenvalue weighted by Gasteiger charge is 2.26. The Morgan fingerprint density at radius 3 is 2.27 bits per heavy atom. The summed E-state index contributed by atoms with van der Waals surface area (Å²) in [5, 5.41) is 1.15. The molecule has 4 nitrogen and oxygen atoms in total. The second kappa shape index (κ2) is 9.48. The van der Waals surface area contributed by atoms with Gasteiger partial charge in [0.15, 0.2) is 11.6 Å². The number of halogens is 2. The smallest absolute Gasteiger partial charge is 0.302 e. The van der Waals surface area contributed by atoms with Crippen molar-refractivity contribution >= 4 is 22.6 Å². The molecule has 0 spiro atoms. The minimum Gasteiger partial charge on any atom is -0.465 e. The minimum atomic E-state index is -0.909. The Bertz CT molecular complexity index is 1050. The first-order valence-corrected chi connectivity index (χ1v) is 9.73. The van der Waals surface area contributed by atoms with E-state index in [-0.39, 0.29) is 12.5 Å². The van der Waals surface area contributed by atoms with Gasteiger partial charge in [0, 0.05) is 20.0 Å². The van der Waals surface area contributed by atoms with Crippen molar-refractivity contribution in [3.05, 3.63) is 83.4 Å².